The van der Waals surface area contributed by atoms with E-state index in [0.717, 1.165) is 23.7 Å². The highest BCUT2D eigenvalue weighted by Gasteiger charge is 2.28. The lowest BCUT2D eigenvalue weighted by molar-refractivity contribution is -0.0464. The Balaban J connectivity index is 1.72. The summed E-state index contributed by atoms with van der Waals surface area (Å²) in [6.07, 6.45) is 0.0440. The Morgan fingerprint density at radius 1 is 1.29 bits per heavy atom. The van der Waals surface area contributed by atoms with Gasteiger partial charge in [0.2, 0.25) is 11.8 Å². The summed E-state index contributed by atoms with van der Waals surface area (Å²) in [7, 11) is 0. The lowest BCUT2D eigenvalue weighted by Gasteiger charge is -2.35. The molecule has 0 amide bonds. The molecule has 2 atom stereocenters. The van der Waals surface area contributed by atoms with Crippen LogP contribution in [0.15, 0.2) is 28.7 Å². The molecule has 0 aliphatic carbocycles. The number of nitrogens with zero attached hydrogens (tertiary/aromatic N) is 3. The minimum absolute atomic E-state index is 0.0440. The fraction of sp³-hybridized carbons (Fsp3) is 0.467. The minimum atomic E-state index is 0.0440. The lowest BCUT2D eigenvalue weighted by atomic mass is 10.1. The van der Waals surface area contributed by atoms with Gasteiger partial charge in [-0.15, -0.1) is 10.2 Å². The molecule has 5 nitrogen and oxygen atoms in total. The predicted octanol–water partition coefficient (Wildman–Crippen LogP) is 3.17. The van der Waals surface area contributed by atoms with Crippen molar-refractivity contribution in [3.8, 4) is 0 Å². The maximum atomic E-state index is 5.93. The number of aryl methyl sites for hydroxylation is 1. The van der Waals surface area contributed by atoms with Gasteiger partial charge in [0, 0.05) is 25.0 Å². The smallest absolute Gasteiger partial charge is 0.233 e. The lowest BCUT2D eigenvalue weighted by Crippen LogP contribution is -2.40. The molecule has 1 saturated heterocycles. The third-order valence-corrected chi connectivity index (χ3v) is 4.04. The van der Waals surface area contributed by atoms with Crippen molar-refractivity contribution in [3.05, 3.63) is 46.6 Å². The number of halogens is 1. The number of ether oxygens (including phenoxy) is 1. The van der Waals surface area contributed by atoms with Crippen molar-refractivity contribution in [2.24, 2.45) is 0 Å². The molecular formula is C15H18ClN3O2. The van der Waals surface area contributed by atoms with Crippen LogP contribution in [0.1, 0.15) is 36.4 Å². The monoisotopic (exact) mass is 307 g/mol. The van der Waals surface area contributed by atoms with Crippen LogP contribution < -0.4 is 0 Å². The molecule has 1 fully saturated rings. The highest BCUT2D eigenvalue weighted by atomic mass is 35.5. The van der Waals surface area contributed by atoms with E-state index in [2.05, 4.69) is 22.0 Å². The van der Waals surface area contributed by atoms with Crippen LogP contribution in [0, 0.1) is 6.92 Å². The Bertz CT molecular complexity index is 599. The molecule has 0 N–H and O–H groups in total. The van der Waals surface area contributed by atoms with Gasteiger partial charge in [-0.05, 0) is 24.6 Å². The predicted molar refractivity (Wildman–Crippen MR) is 79.2 cm³/mol. The molecule has 1 aliphatic rings. The molecule has 0 radical (unpaired) electrons. The number of aromatic nitrogens is 2. The van der Waals surface area contributed by atoms with Crippen molar-refractivity contribution < 1.29 is 9.15 Å². The third kappa shape index (κ3) is 3.26. The summed E-state index contributed by atoms with van der Waals surface area (Å²) in [6.45, 7) is 6.22. The molecule has 6 heteroatoms. The van der Waals surface area contributed by atoms with Gasteiger partial charge in [-0.1, -0.05) is 23.7 Å². The average Bonchev–Trinajstić information content (AvgIpc) is 2.94. The van der Waals surface area contributed by atoms with Crippen LogP contribution in [0.3, 0.4) is 0 Å². The highest BCUT2D eigenvalue weighted by Crippen LogP contribution is 2.28. The van der Waals surface area contributed by atoms with E-state index in [0.29, 0.717) is 18.4 Å². The summed E-state index contributed by atoms with van der Waals surface area (Å²) in [5.41, 5.74) is 1.14. The highest BCUT2D eigenvalue weighted by molar-refractivity contribution is 6.30. The second-order valence-electron chi connectivity index (χ2n) is 5.24. The Morgan fingerprint density at radius 3 is 2.71 bits per heavy atom. The van der Waals surface area contributed by atoms with Crippen LogP contribution in [-0.2, 0) is 4.74 Å². The molecule has 1 aromatic heterocycles. The zero-order chi connectivity index (χ0) is 14.8. The molecule has 1 aliphatic heterocycles. The van der Waals surface area contributed by atoms with Crippen molar-refractivity contribution in [2.45, 2.75) is 26.0 Å². The topological polar surface area (TPSA) is 51.4 Å². The number of hydrogen-bond donors (Lipinski definition) is 0. The van der Waals surface area contributed by atoms with Crippen LogP contribution in [0.2, 0.25) is 5.02 Å². The van der Waals surface area contributed by atoms with E-state index >= 15 is 0 Å². The summed E-state index contributed by atoms with van der Waals surface area (Å²) in [4.78, 5) is 2.30. The third-order valence-electron chi connectivity index (χ3n) is 3.79. The van der Waals surface area contributed by atoms with Gasteiger partial charge in [0.05, 0.1) is 18.8 Å². The van der Waals surface area contributed by atoms with E-state index in [1.165, 1.54) is 0 Å². The van der Waals surface area contributed by atoms with Crippen LogP contribution in [0.4, 0.5) is 0 Å². The Morgan fingerprint density at radius 2 is 2.05 bits per heavy atom. The van der Waals surface area contributed by atoms with Crippen molar-refractivity contribution in [1.82, 2.24) is 15.1 Å². The minimum Gasteiger partial charge on any atom is -0.424 e. The molecule has 0 unspecified atom stereocenters. The fourth-order valence-corrected chi connectivity index (χ4v) is 2.66. The molecule has 21 heavy (non-hydrogen) atoms. The Kier molecular flexibility index (Phi) is 4.24. The molecular weight excluding hydrogens is 290 g/mol. The van der Waals surface area contributed by atoms with Crippen LogP contribution in [-0.4, -0.2) is 34.8 Å². The molecule has 2 aromatic rings. The summed E-state index contributed by atoms with van der Waals surface area (Å²) in [5.74, 6) is 1.25. The van der Waals surface area contributed by atoms with Gasteiger partial charge < -0.3 is 9.15 Å². The van der Waals surface area contributed by atoms with E-state index in [4.69, 9.17) is 20.8 Å². The van der Waals surface area contributed by atoms with Gasteiger partial charge in [0.15, 0.2) is 0 Å². The molecule has 0 spiro atoms. The maximum Gasteiger partial charge on any atom is 0.233 e. The van der Waals surface area contributed by atoms with Gasteiger partial charge in [0.1, 0.15) is 0 Å². The first-order chi connectivity index (χ1) is 10.1. The molecule has 112 valence electrons. The van der Waals surface area contributed by atoms with Gasteiger partial charge in [-0.3, -0.25) is 4.90 Å². The summed E-state index contributed by atoms with van der Waals surface area (Å²) < 4.78 is 11.4. The van der Waals surface area contributed by atoms with Crippen LogP contribution in [0.25, 0.3) is 0 Å². The first-order valence-electron chi connectivity index (χ1n) is 7.04. The van der Waals surface area contributed by atoms with Gasteiger partial charge >= 0.3 is 0 Å². The first kappa shape index (κ1) is 14.5. The van der Waals surface area contributed by atoms with E-state index < -0.39 is 0 Å². The fourth-order valence-electron chi connectivity index (χ4n) is 2.54. The molecule has 2 heterocycles. The van der Waals surface area contributed by atoms with E-state index in [1.807, 2.05) is 24.3 Å². The van der Waals surface area contributed by atoms with Crippen molar-refractivity contribution in [2.75, 3.05) is 19.7 Å². The van der Waals surface area contributed by atoms with E-state index in [9.17, 15) is 0 Å². The van der Waals surface area contributed by atoms with Crippen molar-refractivity contribution in [1.29, 1.82) is 0 Å². The molecule has 3 rings (SSSR count). The van der Waals surface area contributed by atoms with Gasteiger partial charge in [-0.2, -0.15) is 0 Å². The van der Waals surface area contributed by atoms with Gasteiger partial charge in [0.25, 0.3) is 0 Å². The number of rotatable bonds is 3. The van der Waals surface area contributed by atoms with E-state index in [-0.39, 0.29) is 12.1 Å². The second kappa shape index (κ2) is 6.13. The van der Waals surface area contributed by atoms with E-state index in [1.54, 1.807) is 6.92 Å². The standard InChI is InChI=1S/C15H18ClN3O2/c1-10(15-18-17-11(2)21-15)19-7-8-20-14(9-19)12-3-5-13(16)6-4-12/h3-6,10,14H,7-9H2,1-2H3/t10-,14-/m1/s1. The van der Waals surface area contributed by atoms with Crippen LogP contribution in [0.5, 0.6) is 0 Å². The number of morpholine rings is 1. The number of benzene rings is 1. The second-order valence-corrected chi connectivity index (χ2v) is 5.68. The Hall–Kier alpha value is -1.43. The molecule has 0 bridgehead atoms. The largest absolute Gasteiger partial charge is 0.424 e. The summed E-state index contributed by atoms with van der Waals surface area (Å²) in [6, 6.07) is 7.90. The zero-order valence-electron chi connectivity index (χ0n) is 12.1. The molecule has 0 saturated carbocycles. The van der Waals surface area contributed by atoms with Crippen LogP contribution >= 0.6 is 11.6 Å². The Labute approximate surface area is 128 Å². The summed E-state index contributed by atoms with van der Waals surface area (Å²) >= 11 is 5.93. The maximum absolute atomic E-state index is 5.93. The average molecular weight is 308 g/mol. The van der Waals surface area contributed by atoms with Crippen molar-refractivity contribution >= 4 is 11.6 Å². The number of hydrogen-bond acceptors (Lipinski definition) is 5. The molecule has 1 aromatic carbocycles. The first-order valence-corrected chi connectivity index (χ1v) is 7.42. The van der Waals surface area contributed by atoms with Crippen molar-refractivity contribution in [3.63, 3.8) is 0 Å². The summed E-state index contributed by atoms with van der Waals surface area (Å²) in [5, 5.41) is 8.75. The SMILES string of the molecule is Cc1nnc([C@@H](C)N2CCO[C@@H](c3ccc(Cl)cc3)C2)o1. The van der Waals surface area contributed by atoms with Gasteiger partial charge in [-0.25, -0.2) is 0 Å². The zero-order valence-corrected chi connectivity index (χ0v) is 12.9. The quantitative estimate of drug-likeness (QED) is 0.872. The normalized spacial score (nSPS) is 21.4.